The van der Waals surface area contributed by atoms with Gasteiger partial charge in [-0.1, -0.05) is 0 Å². The number of halogens is 9. The van der Waals surface area contributed by atoms with Crippen molar-refractivity contribution < 1.29 is 58.9 Å². The first-order chi connectivity index (χ1) is 24.4. The first kappa shape index (κ1) is 36.2. The van der Waals surface area contributed by atoms with Crippen molar-refractivity contribution in [3.05, 3.63) is 99.5 Å². The summed E-state index contributed by atoms with van der Waals surface area (Å²) in [6.07, 6.45) is -8.24. The van der Waals surface area contributed by atoms with Crippen LogP contribution < -0.4 is 15.8 Å². The molecule has 0 spiro atoms. The molecule has 1 aliphatic rings. The lowest BCUT2D eigenvalue weighted by Gasteiger charge is -2.38. The number of anilines is 1. The number of aryl methyl sites for hydroxylation is 1. The van der Waals surface area contributed by atoms with E-state index in [0.717, 1.165) is 39.4 Å². The fourth-order valence-electron chi connectivity index (χ4n) is 6.26. The SMILES string of the molecule is Cn1c(=O)c(-c2ccc(CC(NC(=O)c3c(F)cc(N4CCOC[C@H]4C(F)(F)F)cc3F)C(=O)O)n3ccnc23)c(C(F)(F)F)c2cc(F)ccc21. The van der Waals surface area contributed by atoms with Gasteiger partial charge in [0, 0.05) is 54.7 Å². The van der Waals surface area contributed by atoms with Crippen molar-refractivity contribution in [3.63, 3.8) is 0 Å². The number of morpholine rings is 1. The van der Waals surface area contributed by atoms with E-state index in [9.17, 15) is 50.2 Å². The van der Waals surface area contributed by atoms with Crippen LogP contribution in [0.3, 0.4) is 0 Å². The molecule has 1 fully saturated rings. The number of benzene rings is 2. The topological polar surface area (TPSA) is 118 Å². The monoisotopic (exact) mass is 741 g/mol. The fourth-order valence-corrected chi connectivity index (χ4v) is 6.26. The van der Waals surface area contributed by atoms with Crippen LogP contribution in [0.25, 0.3) is 27.7 Å². The van der Waals surface area contributed by atoms with Gasteiger partial charge >= 0.3 is 18.3 Å². The van der Waals surface area contributed by atoms with E-state index in [2.05, 4.69) is 4.98 Å². The maximum Gasteiger partial charge on any atom is 0.417 e. The molecule has 1 saturated heterocycles. The highest BCUT2D eigenvalue weighted by atomic mass is 19.4. The largest absolute Gasteiger partial charge is 0.480 e. The Labute approximate surface area is 285 Å². The summed E-state index contributed by atoms with van der Waals surface area (Å²) in [5.41, 5.74) is -6.01. The minimum atomic E-state index is -5.15. The maximum atomic E-state index is 15.2. The summed E-state index contributed by atoms with van der Waals surface area (Å²) in [5.74, 6) is -7.42. The number of carboxylic acid groups (broad SMARTS) is 1. The Morgan fingerprint density at radius 1 is 1.04 bits per heavy atom. The summed E-state index contributed by atoms with van der Waals surface area (Å²) in [4.78, 5) is 43.4. The van der Waals surface area contributed by atoms with Crippen LogP contribution in [0.15, 0.2) is 59.7 Å². The number of alkyl halides is 6. The van der Waals surface area contributed by atoms with Crippen LogP contribution in [-0.4, -0.2) is 69.0 Å². The molecule has 1 unspecified atom stereocenters. The van der Waals surface area contributed by atoms with Gasteiger partial charge in [-0.2, -0.15) is 26.3 Å². The molecular weight excluding hydrogens is 717 g/mol. The summed E-state index contributed by atoms with van der Waals surface area (Å²) in [5, 5.41) is 11.3. The number of hydrogen-bond donors (Lipinski definition) is 2. The van der Waals surface area contributed by atoms with Crippen LogP contribution in [0, 0.1) is 17.5 Å². The van der Waals surface area contributed by atoms with E-state index >= 15 is 8.78 Å². The standard InChI is InChI=1S/C33H24F9N5O5/c1-45-23-5-2-15(34)10-19(23)27(33(40,41)42)25(30(45)49)18-4-3-16(47-7-6-43-28(18)47)13-22(31(50)51)44-29(48)26-20(35)11-17(12-21(26)36)46-8-9-52-14-24(46)32(37,38)39/h2-7,10-12,22,24H,8-9,13-14H2,1H3,(H,44,48)(H,50,51)/t22?,24-/m0/s1. The fraction of sp³-hybridized carbons (Fsp3) is 0.273. The summed E-state index contributed by atoms with van der Waals surface area (Å²) < 4.78 is 136. The first-order valence-electron chi connectivity index (χ1n) is 15.2. The van der Waals surface area contributed by atoms with E-state index in [4.69, 9.17) is 4.74 Å². The van der Waals surface area contributed by atoms with Crippen LogP contribution >= 0.6 is 0 Å². The Kier molecular flexibility index (Phi) is 9.18. The van der Waals surface area contributed by atoms with Crippen molar-refractivity contribution >= 4 is 34.1 Å². The summed E-state index contributed by atoms with van der Waals surface area (Å²) in [6, 6.07) is 1.64. The average Bonchev–Trinajstić information content (AvgIpc) is 3.55. The third-order valence-corrected chi connectivity index (χ3v) is 8.65. The predicted octanol–water partition coefficient (Wildman–Crippen LogP) is 5.48. The number of hydrogen-bond acceptors (Lipinski definition) is 6. The second-order valence-electron chi connectivity index (χ2n) is 11.8. The molecule has 5 aromatic rings. The number of aliphatic carboxylic acids is 1. The van der Waals surface area contributed by atoms with Crippen LogP contribution in [0.4, 0.5) is 45.2 Å². The highest BCUT2D eigenvalue weighted by Gasteiger charge is 2.46. The lowest BCUT2D eigenvalue weighted by atomic mass is 9.96. The number of pyridine rings is 2. The molecule has 2 N–H and O–H groups in total. The van der Waals surface area contributed by atoms with Gasteiger partial charge < -0.3 is 29.0 Å². The molecule has 0 saturated carbocycles. The molecule has 1 aliphatic heterocycles. The van der Waals surface area contributed by atoms with E-state index in [1.807, 2.05) is 5.32 Å². The van der Waals surface area contributed by atoms with Gasteiger partial charge in [0.1, 0.15) is 40.7 Å². The van der Waals surface area contributed by atoms with Gasteiger partial charge in [0.25, 0.3) is 11.5 Å². The molecule has 0 bridgehead atoms. The van der Waals surface area contributed by atoms with Crippen molar-refractivity contribution in [2.75, 3.05) is 24.7 Å². The highest BCUT2D eigenvalue weighted by Crippen LogP contribution is 2.41. The molecule has 0 aliphatic carbocycles. The number of carbonyl (C=O) groups is 2. The zero-order valence-corrected chi connectivity index (χ0v) is 26.5. The van der Waals surface area contributed by atoms with Gasteiger partial charge in [-0.25, -0.2) is 22.9 Å². The summed E-state index contributed by atoms with van der Waals surface area (Å²) in [6.45, 7) is -1.35. The Balaban J connectivity index is 1.34. The van der Waals surface area contributed by atoms with E-state index in [-0.39, 0.29) is 35.6 Å². The molecule has 3 aromatic heterocycles. The molecule has 1 amide bonds. The van der Waals surface area contributed by atoms with Gasteiger partial charge in [0.15, 0.2) is 0 Å². The van der Waals surface area contributed by atoms with Gasteiger partial charge in [-0.05, 0) is 42.5 Å². The van der Waals surface area contributed by atoms with Crippen molar-refractivity contribution in [1.82, 2.24) is 19.3 Å². The number of carboxylic acids is 1. The number of fused-ring (bicyclic) bond motifs is 2. The van der Waals surface area contributed by atoms with Crippen molar-refractivity contribution in [1.29, 1.82) is 0 Å². The van der Waals surface area contributed by atoms with Gasteiger partial charge in [-0.15, -0.1) is 0 Å². The zero-order valence-electron chi connectivity index (χ0n) is 26.5. The van der Waals surface area contributed by atoms with E-state index in [1.165, 1.54) is 13.2 Å². The number of ether oxygens (including phenoxy) is 1. The smallest absolute Gasteiger partial charge is 0.417 e. The molecule has 19 heteroatoms. The highest BCUT2D eigenvalue weighted by molar-refractivity contribution is 5.97. The Morgan fingerprint density at radius 2 is 1.73 bits per heavy atom. The maximum absolute atomic E-state index is 15.2. The number of aromatic nitrogens is 3. The van der Waals surface area contributed by atoms with Gasteiger partial charge in [0.2, 0.25) is 0 Å². The molecule has 2 atom stereocenters. The first-order valence-corrected chi connectivity index (χ1v) is 15.2. The van der Waals surface area contributed by atoms with E-state index in [0.29, 0.717) is 23.1 Å². The second kappa shape index (κ2) is 13.2. The van der Waals surface area contributed by atoms with Crippen LogP contribution in [0.5, 0.6) is 0 Å². The zero-order chi connectivity index (χ0) is 37.9. The Hall–Kier alpha value is -5.59. The van der Waals surface area contributed by atoms with Crippen molar-refractivity contribution in [2.45, 2.75) is 30.9 Å². The molecule has 4 heterocycles. The van der Waals surface area contributed by atoms with Gasteiger partial charge in [0.05, 0.1) is 29.9 Å². The van der Waals surface area contributed by atoms with Crippen LogP contribution in [-0.2, 0) is 29.2 Å². The average molecular weight is 742 g/mol. The Morgan fingerprint density at radius 3 is 2.37 bits per heavy atom. The number of carbonyl (C=O) groups excluding carboxylic acids is 1. The molecule has 6 rings (SSSR count). The minimum Gasteiger partial charge on any atom is -0.480 e. The van der Waals surface area contributed by atoms with Crippen molar-refractivity contribution in [3.8, 4) is 11.1 Å². The third-order valence-electron chi connectivity index (χ3n) is 8.65. The number of nitrogens with zero attached hydrogens (tertiary/aromatic N) is 4. The van der Waals surface area contributed by atoms with E-state index < -0.39 is 100 Å². The summed E-state index contributed by atoms with van der Waals surface area (Å²) >= 11 is 0. The molecule has 2 aromatic carbocycles. The number of rotatable bonds is 7. The van der Waals surface area contributed by atoms with Gasteiger partial charge in [-0.3, -0.25) is 9.59 Å². The predicted molar refractivity (Wildman–Crippen MR) is 165 cm³/mol. The lowest BCUT2D eigenvalue weighted by molar-refractivity contribution is -0.167. The number of nitrogens with one attached hydrogen (secondary N) is 1. The van der Waals surface area contributed by atoms with Crippen LogP contribution in [0.1, 0.15) is 21.6 Å². The molecule has 0 radical (unpaired) electrons. The molecule has 52 heavy (non-hydrogen) atoms. The minimum absolute atomic E-state index is 0.00275. The molecule has 274 valence electrons. The van der Waals surface area contributed by atoms with Crippen LogP contribution in [0.2, 0.25) is 0 Å². The lowest BCUT2D eigenvalue weighted by Crippen LogP contribution is -2.53. The molecular formula is C33H24F9N5O5. The molecule has 10 nitrogen and oxygen atoms in total. The second-order valence-corrected chi connectivity index (χ2v) is 11.8. The summed E-state index contributed by atoms with van der Waals surface area (Å²) in [7, 11) is 1.20. The quantitative estimate of drug-likeness (QED) is 0.212. The Bertz CT molecular complexity index is 2280. The number of amides is 1. The number of imidazole rings is 1. The van der Waals surface area contributed by atoms with Crippen molar-refractivity contribution in [2.24, 2.45) is 7.05 Å². The van der Waals surface area contributed by atoms with E-state index in [1.54, 1.807) is 0 Å². The third kappa shape index (κ3) is 6.51. The normalized spacial score (nSPS) is 16.0.